The first-order valence-electron chi connectivity index (χ1n) is 10.6. The summed E-state index contributed by atoms with van der Waals surface area (Å²) in [7, 11) is 1.61. The van der Waals surface area contributed by atoms with Crippen LogP contribution in [0.15, 0.2) is 24.4 Å². The van der Waals surface area contributed by atoms with Crippen LogP contribution in [0.3, 0.4) is 0 Å². The molecule has 9 nitrogen and oxygen atoms in total. The predicted octanol–water partition coefficient (Wildman–Crippen LogP) is 1.92. The van der Waals surface area contributed by atoms with Crippen molar-refractivity contribution in [1.82, 2.24) is 25.5 Å². The molecule has 1 aliphatic heterocycles. The normalized spacial score (nSPS) is 14.3. The molecule has 0 radical (unpaired) electrons. The van der Waals surface area contributed by atoms with Crippen molar-refractivity contribution in [2.45, 2.75) is 27.3 Å². The number of aryl methyl sites for hydroxylation is 2. The standard InChI is InChI=1S/C22H31N7O2/c1-5-24-22(31)27-20-12-17(15(2)13-25-20)14-28-8-10-29(11-9-28)19-7-6-18(21(30)23-4)26-16(19)3/h6-7,12-13H,5,8-11,14H2,1-4H3,(H,23,30)(H2,24,25,27,31). The molecule has 2 aromatic heterocycles. The lowest BCUT2D eigenvalue weighted by Crippen LogP contribution is -2.46. The van der Waals surface area contributed by atoms with Crippen molar-refractivity contribution in [3.05, 3.63) is 46.9 Å². The van der Waals surface area contributed by atoms with E-state index in [2.05, 4.69) is 35.7 Å². The number of aromatic nitrogens is 2. The van der Waals surface area contributed by atoms with Gasteiger partial charge in [-0.2, -0.15) is 0 Å². The predicted molar refractivity (Wildman–Crippen MR) is 122 cm³/mol. The summed E-state index contributed by atoms with van der Waals surface area (Å²) in [5, 5.41) is 8.10. The van der Waals surface area contributed by atoms with E-state index in [-0.39, 0.29) is 11.9 Å². The van der Waals surface area contributed by atoms with Gasteiger partial charge in [0.25, 0.3) is 5.91 Å². The maximum absolute atomic E-state index is 11.8. The summed E-state index contributed by atoms with van der Waals surface area (Å²) < 4.78 is 0. The average molecular weight is 426 g/mol. The van der Waals surface area contributed by atoms with Gasteiger partial charge in [-0.25, -0.2) is 14.8 Å². The second-order valence-electron chi connectivity index (χ2n) is 7.62. The van der Waals surface area contributed by atoms with Crippen LogP contribution in [0, 0.1) is 13.8 Å². The summed E-state index contributed by atoms with van der Waals surface area (Å²) in [4.78, 5) is 37.0. The van der Waals surface area contributed by atoms with Crippen molar-refractivity contribution < 1.29 is 9.59 Å². The van der Waals surface area contributed by atoms with Gasteiger partial charge in [0.15, 0.2) is 0 Å². The van der Waals surface area contributed by atoms with Crippen molar-refractivity contribution >= 4 is 23.4 Å². The van der Waals surface area contributed by atoms with Gasteiger partial charge in [-0.15, -0.1) is 0 Å². The van der Waals surface area contributed by atoms with Crippen LogP contribution in [0.25, 0.3) is 0 Å². The zero-order chi connectivity index (χ0) is 22.4. The number of piperazine rings is 1. The van der Waals surface area contributed by atoms with Gasteiger partial charge in [-0.3, -0.25) is 15.0 Å². The Bertz CT molecular complexity index is 939. The van der Waals surface area contributed by atoms with Crippen molar-refractivity contribution in [3.8, 4) is 0 Å². The third-order valence-electron chi connectivity index (χ3n) is 5.42. The number of carbonyl (C=O) groups is 2. The number of hydrogen-bond donors (Lipinski definition) is 3. The molecule has 3 amide bonds. The molecule has 0 unspecified atom stereocenters. The molecule has 0 spiro atoms. The molecule has 9 heteroatoms. The number of rotatable bonds is 6. The molecule has 31 heavy (non-hydrogen) atoms. The number of pyridine rings is 2. The molecule has 3 rings (SSSR count). The van der Waals surface area contributed by atoms with Crippen molar-refractivity contribution in [1.29, 1.82) is 0 Å². The molecular formula is C22H31N7O2. The summed E-state index contributed by atoms with van der Waals surface area (Å²) >= 11 is 0. The van der Waals surface area contributed by atoms with E-state index < -0.39 is 0 Å². The molecule has 1 fully saturated rings. The largest absolute Gasteiger partial charge is 0.368 e. The minimum absolute atomic E-state index is 0.173. The lowest BCUT2D eigenvalue weighted by molar-refractivity contribution is 0.0958. The van der Waals surface area contributed by atoms with E-state index in [0.29, 0.717) is 18.1 Å². The van der Waals surface area contributed by atoms with Gasteiger partial charge in [-0.1, -0.05) is 0 Å². The SMILES string of the molecule is CCNC(=O)Nc1cc(CN2CCN(c3ccc(C(=O)NC)nc3C)CC2)c(C)cn1. The minimum atomic E-state index is -0.246. The smallest absolute Gasteiger partial charge is 0.320 e. The fourth-order valence-corrected chi connectivity index (χ4v) is 3.66. The van der Waals surface area contributed by atoms with Crippen LogP contribution in [0.1, 0.15) is 34.2 Å². The van der Waals surface area contributed by atoms with Crippen LogP contribution < -0.4 is 20.9 Å². The molecule has 3 heterocycles. The molecule has 0 bridgehead atoms. The number of carbonyl (C=O) groups excluding carboxylic acids is 2. The second kappa shape index (κ2) is 10.2. The molecule has 166 valence electrons. The Morgan fingerprint density at radius 1 is 1.13 bits per heavy atom. The molecule has 2 aromatic rings. The fourth-order valence-electron chi connectivity index (χ4n) is 3.66. The third kappa shape index (κ3) is 5.69. The number of urea groups is 1. The van der Waals surface area contributed by atoms with Gasteiger partial charge in [-0.05, 0) is 50.1 Å². The van der Waals surface area contributed by atoms with E-state index in [4.69, 9.17) is 0 Å². The lowest BCUT2D eigenvalue weighted by atomic mass is 10.1. The Kier molecular flexibility index (Phi) is 7.41. The Balaban J connectivity index is 1.60. The molecule has 1 aliphatic rings. The Labute approximate surface area is 183 Å². The first-order valence-corrected chi connectivity index (χ1v) is 10.6. The number of nitrogens with one attached hydrogen (secondary N) is 3. The second-order valence-corrected chi connectivity index (χ2v) is 7.62. The minimum Gasteiger partial charge on any atom is -0.368 e. The van der Waals surface area contributed by atoms with E-state index in [0.717, 1.165) is 55.2 Å². The van der Waals surface area contributed by atoms with Crippen LogP contribution in [0.2, 0.25) is 0 Å². The van der Waals surface area contributed by atoms with E-state index in [1.54, 1.807) is 19.3 Å². The quantitative estimate of drug-likeness (QED) is 0.654. The highest BCUT2D eigenvalue weighted by molar-refractivity contribution is 5.92. The lowest BCUT2D eigenvalue weighted by Gasteiger charge is -2.36. The molecule has 0 aromatic carbocycles. The summed E-state index contributed by atoms with van der Waals surface area (Å²) in [6, 6.07) is 5.46. The van der Waals surface area contributed by atoms with Gasteiger partial charge in [0, 0.05) is 52.5 Å². The van der Waals surface area contributed by atoms with Crippen LogP contribution >= 0.6 is 0 Å². The number of nitrogens with zero attached hydrogens (tertiary/aromatic N) is 4. The maximum Gasteiger partial charge on any atom is 0.320 e. The average Bonchev–Trinajstić information content (AvgIpc) is 2.76. The summed E-state index contributed by atoms with van der Waals surface area (Å²) in [6.07, 6.45) is 1.80. The Morgan fingerprint density at radius 3 is 2.52 bits per heavy atom. The van der Waals surface area contributed by atoms with Crippen molar-refractivity contribution in [2.75, 3.05) is 50.0 Å². The van der Waals surface area contributed by atoms with E-state index >= 15 is 0 Å². The molecule has 3 N–H and O–H groups in total. The molecule has 0 atom stereocenters. The molecule has 0 aliphatic carbocycles. The van der Waals surface area contributed by atoms with E-state index in [1.807, 2.05) is 32.9 Å². The highest BCUT2D eigenvalue weighted by Gasteiger charge is 2.20. The van der Waals surface area contributed by atoms with E-state index in [9.17, 15) is 9.59 Å². The van der Waals surface area contributed by atoms with Crippen LogP contribution in [-0.2, 0) is 6.54 Å². The number of hydrogen-bond acceptors (Lipinski definition) is 6. The van der Waals surface area contributed by atoms with E-state index in [1.165, 1.54) is 0 Å². The zero-order valence-corrected chi connectivity index (χ0v) is 18.7. The highest BCUT2D eigenvalue weighted by Crippen LogP contribution is 2.22. The van der Waals surface area contributed by atoms with Crippen molar-refractivity contribution in [3.63, 3.8) is 0 Å². The zero-order valence-electron chi connectivity index (χ0n) is 18.7. The Hall–Kier alpha value is -3.20. The van der Waals surface area contributed by atoms with Gasteiger partial charge >= 0.3 is 6.03 Å². The topological polar surface area (TPSA) is 102 Å². The van der Waals surface area contributed by atoms with Crippen LogP contribution in [0.4, 0.5) is 16.3 Å². The monoisotopic (exact) mass is 425 g/mol. The van der Waals surface area contributed by atoms with Crippen molar-refractivity contribution in [2.24, 2.45) is 0 Å². The van der Waals surface area contributed by atoms with Gasteiger partial charge in [0.05, 0.1) is 11.4 Å². The highest BCUT2D eigenvalue weighted by atomic mass is 16.2. The maximum atomic E-state index is 11.8. The van der Waals surface area contributed by atoms with Crippen LogP contribution in [-0.4, -0.2) is 66.6 Å². The van der Waals surface area contributed by atoms with Gasteiger partial charge < -0.3 is 15.5 Å². The molecule has 0 saturated carbocycles. The third-order valence-corrected chi connectivity index (χ3v) is 5.42. The summed E-state index contributed by atoms with van der Waals surface area (Å²) in [6.45, 7) is 10.8. The number of anilines is 2. The van der Waals surface area contributed by atoms with Gasteiger partial charge in [0.1, 0.15) is 11.5 Å². The Morgan fingerprint density at radius 2 is 1.87 bits per heavy atom. The first kappa shape index (κ1) is 22.5. The van der Waals surface area contributed by atoms with Gasteiger partial charge in [0.2, 0.25) is 0 Å². The summed E-state index contributed by atoms with van der Waals surface area (Å²) in [5.74, 6) is 0.385. The summed E-state index contributed by atoms with van der Waals surface area (Å²) in [5.41, 5.74) is 4.63. The van der Waals surface area contributed by atoms with Crippen LogP contribution in [0.5, 0.6) is 0 Å². The molecule has 1 saturated heterocycles. The molecular weight excluding hydrogens is 394 g/mol. The number of amides is 3. The fraction of sp³-hybridized carbons (Fsp3) is 0.455. The first-order chi connectivity index (χ1) is 14.9.